The smallest absolute Gasteiger partial charge is 0.250 e. The van der Waals surface area contributed by atoms with Gasteiger partial charge >= 0.3 is 0 Å². The number of hydrogen-bond donors (Lipinski definition) is 1. The van der Waals surface area contributed by atoms with Gasteiger partial charge in [0.2, 0.25) is 5.91 Å². The summed E-state index contributed by atoms with van der Waals surface area (Å²) in [4.78, 5) is 31.9. The highest BCUT2D eigenvalue weighted by molar-refractivity contribution is 7.99. The Hall–Kier alpha value is -1.99. The molecule has 1 unspecified atom stereocenters. The van der Waals surface area contributed by atoms with Crippen LogP contribution in [0.5, 0.6) is 0 Å². The van der Waals surface area contributed by atoms with Gasteiger partial charge in [0.15, 0.2) is 0 Å². The number of nitrogens with zero attached hydrogens (tertiary/aromatic N) is 3. The summed E-state index contributed by atoms with van der Waals surface area (Å²) in [5, 5.41) is 3.06. The Morgan fingerprint density at radius 1 is 1.19 bits per heavy atom. The van der Waals surface area contributed by atoms with Gasteiger partial charge in [-0.15, -0.1) is 11.8 Å². The summed E-state index contributed by atoms with van der Waals surface area (Å²) in [5.41, 5.74) is 3.36. The Bertz CT molecular complexity index is 805. The first kappa shape index (κ1) is 24.6. The molecular formula is C25H38N4O2S. The Morgan fingerprint density at radius 3 is 2.69 bits per heavy atom. The van der Waals surface area contributed by atoms with Crippen molar-refractivity contribution in [3.8, 4) is 0 Å². The van der Waals surface area contributed by atoms with E-state index in [0.29, 0.717) is 18.2 Å². The van der Waals surface area contributed by atoms with Gasteiger partial charge in [0, 0.05) is 49.7 Å². The molecule has 6 nitrogen and oxygen atoms in total. The van der Waals surface area contributed by atoms with Crippen molar-refractivity contribution in [1.82, 2.24) is 15.1 Å². The minimum absolute atomic E-state index is 0.0122. The Morgan fingerprint density at radius 2 is 1.97 bits per heavy atom. The van der Waals surface area contributed by atoms with Crippen LogP contribution in [0.1, 0.15) is 38.7 Å². The van der Waals surface area contributed by atoms with Gasteiger partial charge in [-0.25, -0.2) is 0 Å². The van der Waals surface area contributed by atoms with Crippen LogP contribution in [0.2, 0.25) is 0 Å². The van der Waals surface area contributed by atoms with Gasteiger partial charge in [-0.3, -0.25) is 14.5 Å². The number of nitrogens with one attached hydrogen (secondary N) is 1. The van der Waals surface area contributed by atoms with Crippen LogP contribution in [0.15, 0.2) is 35.9 Å². The molecule has 7 heteroatoms. The number of anilines is 1. The van der Waals surface area contributed by atoms with Crippen molar-refractivity contribution < 1.29 is 9.59 Å². The van der Waals surface area contributed by atoms with Crippen molar-refractivity contribution in [2.24, 2.45) is 0 Å². The molecule has 0 saturated carbocycles. The molecule has 0 spiro atoms. The molecule has 2 saturated heterocycles. The molecular weight excluding hydrogens is 420 g/mol. The van der Waals surface area contributed by atoms with Crippen molar-refractivity contribution in [1.29, 1.82) is 0 Å². The molecule has 2 fully saturated rings. The van der Waals surface area contributed by atoms with Crippen LogP contribution in [-0.4, -0.2) is 78.6 Å². The van der Waals surface area contributed by atoms with Crippen LogP contribution in [0.25, 0.3) is 0 Å². The van der Waals surface area contributed by atoms with E-state index in [0.717, 1.165) is 57.6 Å². The summed E-state index contributed by atoms with van der Waals surface area (Å²) in [7, 11) is 0. The van der Waals surface area contributed by atoms with E-state index in [1.54, 1.807) is 16.7 Å². The predicted octanol–water partition coefficient (Wildman–Crippen LogP) is 3.27. The average Bonchev–Trinajstić information content (AvgIpc) is 3.29. The molecule has 2 amide bonds. The first-order valence-corrected chi connectivity index (χ1v) is 13.0. The number of rotatable bonds is 9. The normalized spacial score (nSPS) is 20.0. The highest BCUT2D eigenvalue weighted by Crippen LogP contribution is 2.23. The van der Waals surface area contributed by atoms with Gasteiger partial charge < -0.3 is 15.1 Å². The highest BCUT2D eigenvalue weighted by atomic mass is 32.2. The quantitative estimate of drug-likeness (QED) is 0.455. The predicted molar refractivity (Wildman–Crippen MR) is 134 cm³/mol. The summed E-state index contributed by atoms with van der Waals surface area (Å²) in [6.45, 7) is 12.0. The van der Waals surface area contributed by atoms with E-state index in [1.807, 2.05) is 19.9 Å². The van der Waals surface area contributed by atoms with Gasteiger partial charge in [-0.2, -0.15) is 0 Å². The number of carbonyl (C=O) groups is 2. The Kier molecular flexibility index (Phi) is 9.48. The summed E-state index contributed by atoms with van der Waals surface area (Å²) in [6.07, 6.45) is 4.80. The second kappa shape index (κ2) is 12.3. The van der Waals surface area contributed by atoms with Crippen molar-refractivity contribution in [2.75, 3.05) is 55.8 Å². The number of carbonyl (C=O) groups excluding carboxylic acids is 2. The molecule has 1 N–H and O–H groups in total. The lowest BCUT2D eigenvalue weighted by Crippen LogP contribution is -2.48. The molecule has 2 aliphatic rings. The minimum atomic E-state index is -0.345. The van der Waals surface area contributed by atoms with E-state index in [9.17, 15) is 9.59 Å². The maximum Gasteiger partial charge on any atom is 0.250 e. The van der Waals surface area contributed by atoms with E-state index >= 15 is 0 Å². The van der Waals surface area contributed by atoms with Crippen molar-refractivity contribution in [3.63, 3.8) is 0 Å². The Labute approximate surface area is 197 Å². The molecule has 1 aromatic rings. The van der Waals surface area contributed by atoms with Crippen molar-refractivity contribution in [2.45, 2.75) is 46.1 Å². The summed E-state index contributed by atoms with van der Waals surface area (Å²) in [6, 6.07) is 8.39. The fourth-order valence-electron chi connectivity index (χ4n) is 4.32. The summed E-state index contributed by atoms with van der Waals surface area (Å²) >= 11 is 1.65. The Balaban J connectivity index is 1.32. The zero-order valence-electron chi connectivity index (χ0n) is 19.8. The largest absolute Gasteiger partial charge is 0.369 e. The van der Waals surface area contributed by atoms with Crippen LogP contribution in [0.4, 0.5) is 5.69 Å². The maximum atomic E-state index is 12.6. The number of aryl methyl sites for hydroxylation is 1. The van der Waals surface area contributed by atoms with Crippen molar-refractivity contribution in [3.05, 3.63) is 41.5 Å². The number of unbranched alkanes of at least 4 members (excludes halogenated alkanes) is 1. The SMILES string of the molecule is CC/C=C(/C)C(=O)N1CSCC1C(=O)NCCCCN1CCN(c2cccc(C)c2)CC1. The minimum Gasteiger partial charge on any atom is -0.369 e. The molecule has 32 heavy (non-hydrogen) atoms. The molecule has 0 radical (unpaired) electrons. The third-order valence-corrected chi connectivity index (χ3v) is 7.25. The van der Waals surface area contributed by atoms with Crippen molar-refractivity contribution >= 4 is 29.3 Å². The highest BCUT2D eigenvalue weighted by Gasteiger charge is 2.34. The molecule has 0 bridgehead atoms. The third-order valence-electron chi connectivity index (χ3n) is 6.23. The molecule has 2 aliphatic heterocycles. The lowest BCUT2D eigenvalue weighted by molar-refractivity contribution is -0.135. The zero-order valence-corrected chi connectivity index (χ0v) is 20.6. The van der Waals surface area contributed by atoms with Gasteiger partial charge in [0.1, 0.15) is 6.04 Å². The number of hydrogen-bond acceptors (Lipinski definition) is 5. The molecule has 3 rings (SSSR count). The first-order chi connectivity index (χ1) is 15.5. The van der Waals surface area contributed by atoms with Crippen LogP contribution >= 0.6 is 11.8 Å². The average molecular weight is 459 g/mol. The lowest BCUT2D eigenvalue weighted by atomic mass is 10.2. The van der Waals surface area contributed by atoms with E-state index in [2.05, 4.69) is 46.3 Å². The molecule has 176 valence electrons. The van der Waals surface area contributed by atoms with Gasteiger partial charge in [-0.05, 0) is 57.4 Å². The number of amides is 2. The summed E-state index contributed by atoms with van der Waals surface area (Å²) in [5.74, 6) is 1.25. The van der Waals surface area contributed by atoms with Crippen LogP contribution in [0.3, 0.4) is 0 Å². The third kappa shape index (κ3) is 6.75. The number of allylic oxidation sites excluding steroid dienone is 1. The zero-order chi connectivity index (χ0) is 22.9. The standard InChI is InChI=1S/C25H38N4O2S/c1-4-8-21(3)25(31)29-19-32-18-23(29)24(30)26-11-5-6-12-27-13-15-28(16-14-27)22-10-7-9-20(2)17-22/h7-10,17,23H,4-6,11-16,18-19H2,1-3H3,(H,26,30)/b21-8-. The fourth-order valence-corrected chi connectivity index (χ4v) is 5.48. The second-order valence-electron chi connectivity index (χ2n) is 8.75. The van der Waals surface area contributed by atoms with Crippen LogP contribution < -0.4 is 10.2 Å². The first-order valence-electron chi connectivity index (χ1n) is 11.9. The fraction of sp³-hybridized carbons (Fsp3) is 0.600. The van der Waals surface area contributed by atoms with Crippen LogP contribution in [0, 0.1) is 6.92 Å². The van der Waals surface area contributed by atoms with E-state index in [4.69, 9.17) is 0 Å². The molecule has 0 aliphatic carbocycles. The number of benzene rings is 1. The second-order valence-corrected chi connectivity index (χ2v) is 9.75. The van der Waals surface area contributed by atoms with Gasteiger partial charge in [-0.1, -0.05) is 25.1 Å². The maximum absolute atomic E-state index is 12.6. The summed E-state index contributed by atoms with van der Waals surface area (Å²) < 4.78 is 0. The van der Waals surface area contributed by atoms with E-state index < -0.39 is 0 Å². The molecule has 2 heterocycles. The molecule has 1 atom stereocenters. The number of thioether (sulfide) groups is 1. The lowest BCUT2D eigenvalue weighted by Gasteiger charge is -2.36. The van der Waals surface area contributed by atoms with Gasteiger partial charge in [0.25, 0.3) is 5.91 Å². The van der Waals surface area contributed by atoms with E-state index in [1.165, 1.54) is 11.3 Å². The molecule has 0 aromatic heterocycles. The van der Waals surface area contributed by atoms with E-state index in [-0.39, 0.29) is 17.9 Å². The van der Waals surface area contributed by atoms with Gasteiger partial charge in [0.05, 0.1) is 5.88 Å². The molecule has 1 aromatic carbocycles. The number of piperazine rings is 1. The topological polar surface area (TPSA) is 55.9 Å². The monoisotopic (exact) mass is 458 g/mol. The van der Waals surface area contributed by atoms with Crippen LogP contribution in [-0.2, 0) is 9.59 Å².